The number of thiazole rings is 1. The third-order valence-electron chi connectivity index (χ3n) is 3.54. The highest BCUT2D eigenvalue weighted by Gasteiger charge is 2.12. The average Bonchev–Trinajstić information content (AvgIpc) is 3.03. The quantitative estimate of drug-likeness (QED) is 0.626. The summed E-state index contributed by atoms with van der Waals surface area (Å²) >= 11 is 1.30. The van der Waals surface area contributed by atoms with E-state index in [0.29, 0.717) is 17.3 Å². The lowest BCUT2D eigenvalue weighted by Gasteiger charge is -2.04. The highest BCUT2D eigenvalue weighted by molar-refractivity contribution is 7.22. The largest absolute Gasteiger partial charge is 0.494 e. The molecule has 2 aromatic carbocycles. The maximum absolute atomic E-state index is 12.8. The number of hydrogen-bond donors (Lipinski definition) is 1. The fraction of sp³-hybridized carbons (Fsp3) is 0.211. The van der Waals surface area contributed by atoms with Gasteiger partial charge in [-0.1, -0.05) is 23.5 Å². The molecule has 0 aliphatic rings. The summed E-state index contributed by atoms with van der Waals surface area (Å²) in [5, 5.41) is 3.03. The van der Waals surface area contributed by atoms with E-state index in [9.17, 15) is 14.0 Å². The standard InChI is InChI=1S/C19H17FN2O4S/c1-2-25-14-7-8-15-16(10-14)27-19(21-15)22-17(23)11-26-18(24)9-12-3-5-13(20)6-4-12/h3-8,10H,2,9,11H2,1H3,(H,21,22,23). The van der Waals surface area contributed by atoms with Gasteiger partial charge < -0.3 is 9.47 Å². The minimum absolute atomic E-state index is 0.0328. The summed E-state index contributed by atoms with van der Waals surface area (Å²) in [4.78, 5) is 28.0. The number of aromatic nitrogens is 1. The molecule has 6 nitrogen and oxygen atoms in total. The molecule has 1 heterocycles. The Morgan fingerprint density at radius 1 is 1.19 bits per heavy atom. The summed E-state index contributed by atoms with van der Waals surface area (Å²) in [6, 6.07) is 11.0. The number of benzene rings is 2. The van der Waals surface area contributed by atoms with Gasteiger partial charge in [-0.15, -0.1) is 0 Å². The fourth-order valence-electron chi connectivity index (χ4n) is 2.34. The smallest absolute Gasteiger partial charge is 0.310 e. The Morgan fingerprint density at radius 2 is 1.96 bits per heavy atom. The molecule has 0 unspecified atom stereocenters. The molecular weight excluding hydrogens is 371 g/mol. The summed E-state index contributed by atoms with van der Waals surface area (Å²) in [6.45, 7) is 2.05. The fourth-order valence-corrected chi connectivity index (χ4v) is 3.25. The minimum atomic E-state index is -0.567. The normalized spacial score (nSPS) is 10.6. The molecule has 0 spiro atoms. The first-order valence-electron chi connectivity index (χ1n) is 8.27. The molecular formula is C19H17FN2O4S. The third kappa shape index (κ3) is 5.24. The second kappa shape index (κ2) is 8.59. The van der Waals surface area contributed by atoms with Crippen LogP contribution in [0.15, 0.2) is 42.5 Å². The van der Waals surface area contributed by atoms with Crippen molar-refractivity contribution >= 4 is 38.6 Å². The minimum Gasteiger partial charge on any atom is -0.494 e. The zero-order valence-electron chi connectivity index (χ0n) is 14.5. The molecule has 0 fully saturated rings. The van der Waals surface area contributed by atoms with E-state index in [0.717, 1.165) is 16.0 Å². The average molecular weight is 388 g/mol. The lowest BCUT2D eigenvalue weighted by molar-refractivity contribution is -0.146. The lowest BCUT2D eigenvalue weighted by Crippen LogP contribution is -2.21. The molecule has 0 saturated heterocycles. The summed E-state index contributed by atoms with van der Waals surface area (Å²) < 4.78 is 24.1. The van der Waals surface area contributed by atoms with Crippen LogP contribution in [-0.2, 0) is 20.7 Å². The maximum Gasteiger partial charge on any atom is 0.310 e. The Hall–Kier alpha value is -3.00. The first-order chi connectivity index (χ1) is 13.0. The molecule has 0 bridgehead atoms. The van der Waals surface area contributed by atoms with Crippen LogP contribution in [0.5, 0.6) is 5.75 Å². The van der Waals surface area contributed by atoms with Crippen molar-refractivity contribution in [3.05, 3.63) is 53.8 Å². The molecule has 3 rings (SSSR count). The molecule has 140 valence electrons. The van der Waals surface area contributed by atoms with Crippen LogP contribution in [0.1, 0.15) is 12.5 Å². The van der Waals surface area contributed by atoms with E-state index in [1.54, 1.807) is 0 Å². The Morgan fingerprint density at radius 3 is 2.70 bits per heavy atom. The van der Waals surface area contributed by atoms with E-state index < -0.39 is 18.5 Å². The topological polar surface area (TPSA) is 77.5 Å². The number of carbonyl (C=O) groups excluding carboxylic acids is 2. The van der Waals surface area contributed by atoms with Crippen LogP contribution < -0.4 is 10.1 Å². The van der Waals surface area contributed by atoms with Crippen molar-refractivity contribution in [3.8, 4) is 5.75 Å². The van der Waals surface area contributed by atoms with Crippen LogP contribution in [0.4, 0.5) is 9.52 Å². The van der Waals surface area contributed by atoms with Crippen LogP contribution >= 0.6 is 11.3 Å². The van der Waals surface area contributed by atoms with Crippen LogP contribution in [0.3, 0.4) is 0 Å². The SMILES string of the molecule is CCOc1ccc2nc(NC(=O)COC(=O)Cc3ccc(F)cc3)sc2c1. The van der Waals surface area contributed by atoms with Crippen molar-refractivity contribution in [2.24, 2.45) is 0 Å². The molecule has 8 heteroatoms. The number of rotatable bonds is 7. The number of nitrogens with one attached hydrogen (secondary N) is 1. The number of anilines is 1. The first-order valence-corrected chi connectivity index (χ1v) is 9.08. The Labute approximate surface area is 158 Å². The Kier molecular flexibility index (Phi) is 5.97. The number of fused-ring (bicyclic) bond motifs is 1. The molecule has 1 N–H and O–H groups in total. The van der Waals surface area contributed by atoms with Gasteiger partial charge in [0.15, 0.2) is 11.7 Å². The number of ether oxygens (including phenoxy) is 2. The maximum atomic E-state index is 12.8. The van der Waals surface area contributed by atoms with E-state index in [4.69, 9.17) is 9.47 Å². The second-order valence-corrected chi connectivity index (χ2v) is 6.62. The molecule has 0 atom stereocenters. The number of hydrogen-bond acceptors (Lipinski definition) is 6. The third-order valence-corrected chi connectivity index (χ3v) is 4.48. The van der Waals surface area contributed by atoms with E-state index in [1.165, 1.54) is 35.6 Å². The van der Waals surface area contributed by atoms with Gasteiger partial charge in [-0.05, 0) is 42.8 Å². The van der Waals surface area contributed by atoms with Gasteiger partial charge in [-0.3, -0.25) is 14.9 Å². The van der Waals surface area contributed by atoms with E-state index >= 15 is 0 Å². The molecule has 1 amide bonds. The van der Waals surface area contributed by atoms with E-state index in [2.05, 4.69) is 10.3 Å². The van der Waals surface area contributed by atoms with Gasteiger partial charge in [-0.25, -0.2) is 9.37 Å². The van der Waals surface area contributed by atoms with Gasteiger partial charge in [0.05, 0.1) is 23.2 Å². The summed E-state index contributed by atoms with van der Waals surface area (Å²) in [5.74, 6) is -0.689. The predicted molar refractivity (Wildman–Crippen MR) is 100 cm³/mol. The van der Waals surface area contributed by atoms with Crippen molar-refractivity contribution in [3.63, 3.8) is 0 Å². The van der Waals surface area contributed by atoms with Crippen LogP contribution in [0.25, 0.3) is 10.2 Å². The van der Waals surface area contributed by atoms with Gasteiger partial charge >= 0.3 is 5.97 Å². The summed E-state index contributed by atoms with van der Waals surface area (Å²) in [7, 11) is 0. The zero-order valence-corrected chi connectivity index (χ0v) is 15.3. The van der Waals surface area contributed by atoms with Crippen LogP contribution in [0, 0.1) is 5.82 Å². The highest BCUT2D eigenvalue weighted by Crippen LogP contribution is 2.29. The molecule has 0 aliphatic heterocycles. The van der Waals surface area contributed by atoms with E-state index in [-0.39, 0.29) is 12.2 Å². The number of esters is 1. The van der Waals surface area contributed by atoms with Crippen molar-refractivity contribution in [1.82, 2.24) is 4.98 Å². The monoisotopic (exact) mass is 388 g/mol. The molecule has 1 aromatic heterocycles. The van der Waals surface area contributed by atoms with Gasteiger partial charge in [-0.2, -0.15) is 0 Å². The Bertz CT molecular complexity index is 956. The van der Waals surface area contributed by atoms with Gasteiger partial charge in [0.1, 0.15) is 11.6 Å². The zero-order chi connectivity index (χ0) is 19.2. The second-order valence-electron chi connectivity index (χ2n) is 5.59. The first kappa shape index (κ1) is 18.8. The van der Waals surface area contributed by atoms with Crippen LogP contribution in [-0.4, -0.2) is 30.1 Å². The van der Waals surface area contributed by atoms with Crippen molar-refractivity contribution in [2.75, 3.05) is 18.5 Å². The molecule has 0 aliphatic carbocycles. The molecule has 0 saturated carbocycles. The number of carbonyl (C=O) groups is 2. The number of halogens is 1. The molecule has 27 heavy (non-hydrogen) atoms. The molecule has 0 radical (unpaired) electrons. The molecule has 3 aromatic rings. The highest BCUT2D eigenvalue weighted by atomic mass is 32.1. The Balaban J connectivity index is 1.52. The number of amides is 1. The predicted octanol–water partition coefficient (Wildman–Crippen LogP) is 3.56. The van der Waals surface area contributed by atoms with Crippen molar-refractivity contribution < 1.29 is 23.5 Å². The van der Waals surface area contributed by atoms with Gasteiger partial charge in [0.2, 0.25) is 0 Å². The summed E-state index contributed by atoms with van der Waals surface area (Å²) in [6.07, 6.45) is -0.0328. The summed E-state index contributed by atoms with van der Waals surface area (Å²) in [5.41, 5.74) is 1.35. The van der Waals surface area contributed by atoms with Crippen molar-refractivity contribution in [2.45, 2.75) is 13.3 Å². The van der Waals surface area contributed by atoms with Crippen molar-refractivity contribution in [1.29, 1.82) is 0 Å². The van der Waals surface area contributed by atoms with E-state index in [1.807, 2.05) is 25.1 Å². The van der Waals surface area contributed by atoms with Gasteiger partial charge in [0, 0.05) is 0 Å². The number of nitrogens with zero attached hydrogens (tertiary/aromatic N) is 1. The lowest BCUT2D eigenvalue weighted by atomic mass is 10.1. The van der Waals surface area contributed by atoms with Gasteiger partial charge in [0.25, 0.3) is 5.91 Å². The van der Waals surface area contributed by atoms with Crippen LogP contribution in [0.2, 0.25) is 0 Å².